The van der Waals surface area contributed by atoms with Gasteiger partial charge in [0.2, 0.25) is 5.79 Å². The van der Waals surface area contributed by atoms with Gasteiger partial charge in [-0.15, -0.1) is 5.54 Å². The van der Waals surface area contributed by atoms with Crippen LogP contribution in [-0.4, -0.2) is 27.0 Å². The highest BCUT2D eigenvalue weighted by molar-refractivity contribution is 8.04. The largest absolute Gasteiger partial charge is 0.343 e. The van der Waals surface area contributed by atoms with Gasteiger partial charge in [0.1, 0.15) is 8.07 Å². The summed E-state index contributed by atoms with van der Waals surface area (Å²) in [4.78, 5) is 0. The minimum Gasteiger partial charge on any atom is -0.343 e. The van der Waals surface area contributed by atoms with Crippen LogP contribution < -0.4 is 0 Å². The highest BCUT2D eigenvalue weighted by atomic mass is 32.2. The Morgan fingerprint density at radius 1 is 1.16 bits per heavy atom. The van der Waals surface area contributed by atoms with Crippen LogP contribution in [0.4, 0.5) is 0 Å². The highest BCUT2D eigenvalue weighted by Gasteiger charge is 2.38. The van der Waals surface area contributed by atoms with Crippen LogP contribution >= 0.6 is 11.8 Å². The van der Waals surface area contributed by atoms with Gasteiger partial charge >= 0.3 is 0 Å². The quantitative estimate of drug-likeness (QED) is 0.628. The van der Waals surface area contributed by atoms with Gasteiger partial charge in [-0.05, 0) is 5.25 Å². The Morgan fingerprint density at radius 2 is 1.79 bits per heavy atom. The maximum atomic E-state index is 5.86. The van der Waals surface area contributed by atoms with Crippen LogP contribution in [0.1, 0.15) is 5.56 Å². The zero-order chi connectivity index (χ0) is 13.8. The third-order valence-corrected chi connectivity index (χ3v) is 4.55. The zero-order valence-corrected chi connectivity index (χ0v) is 13.5. The van der Waals surface area contributed by atoms with E-state index >= 15 is 0 Å². The molecule has 1 saturated heterocycles. The van der Waals surface area contributed by atoms with Gasteiger partial charge in [-0.3, -0.25) is 0 Å². The van der Waals surface area contributed by atoms with Gasteiger partial charge in [0, 0.05) is 5.56 Å². The summed E-state index contributed by atoms with van der Waals surface area (Å²) in [6.07, 6.45) is 0. The van der Waals surface area contributed by atoms with E-state index < -0.39 is 13.9 Å². The number of rotatable bonds is 3. The minimum absolute atomic E-state index is 0.611. The molecule has 0 aromatic heterocycles. The van der Waals surface area contributed by atoms with E-state index in [0.29, 0.717) is 19.0 Å². The van der Waals surface area contributed by atoms with Crippen molar-refractivity contribution in [3.05, 3.63) is 35.9 Å². The molecule has 0 aliphatic carbocycles. The van der Waals surface area contributed by atoms with Crippen LogP contribution in [0.15, 0.2) is 30.3 Å². The van der Waals surface area contributed by atoms with E-state index in [0.717, 1.165) is 5.56 Å². The number of hydrogen-bond acceptors (Lipinski definition) is 3. The van der Waals surface area contributed by atoms with Crippen molar-refractivity contribution in [2.45, 2.75) is 25.4 Å². The molecule has 0 unspecified atom stereocenters. The summed E-state index contributed by atoms with van der Waals surface area (Å²) in [6, 6.07) is 10.1. The summed E-state index contributed by atoms with van der Waals surface area (Å²) in [5.74, 6) is 0.106. The van der Waals surface area contributed by atoms with Crippen LogP contribution in [0, 0.1) is 10.8 Å². The molecule has 1 fully saturated rings. The summed E-state index contributed by atoms with van der Waals surface area (Å²) in [7, 11) is -1.30. The van der Waals surface area contributed by atoms with Crippen molar-refractivity contribution in [1.82, 2.24) is 0 Å². The first-order valence-corrected chi connectivity index (χ1v) is 11.0. The third-order valence-electron chi connectivity index (χ3n) is 2.73. The first-order valence-electron chi connectivity index (χ1n) is 6.49. The molecule has 0 atom stereocenters. The highest BCUT2D eigenvalue weighted by Crippen LogP contribution is 2.34. The van der Waals surface area contributed by atoms with E-state index in [9.17, 15) is 0 Å². The molecule has 4 heteroatoms. The number of ether oxygens (including phenoxy) is 2. The SMILES string of the molecule is C[Si](C)(C)C#CSCC1(c2ccccc2)OCCO1. The number of benzene rings is 1. The fourth-order valence-corrected chi connectivity index (χ4v) is 3.91. The second kappa shape index (κ2) is 6.15. The molecule has 1 aliphatic rings. The lowest BCUT2D eigenvalue weighted by atomic mass is 10.1. The second-order valence-corrected chi connectivity index (χ2v) is 11.1. The van der Waals surface area contributed by atoms with Crippen molar-refractivity contribution in [1.29, 1.82) is 0 Å². The second-order valence-electron chi connectivity index (χ2n) is 5.58. The van der Waals surface area contributed by atoms with Crippen LogP contribution in [0.25, 0.3) is 0 Å². The molecule has 2 nitrogen and oxygen atoms in total. The van der Waals surface area contributed by atoms with Gasteiger partial charge in [-0.25, -0.2) is 0 Å². The molecule has 0 bridgehead atoms. The van der Waals surface area contributed by atoms with E-state index in [-0.39, 0.29) is 0 Å². The monoisotopic (exact) mass is 292 g/mol. The Bertz CT molecular complexity index is 464. The van der Waals surface area contributed by atoms with E-state index in [1.165, 1.54) is 0 Å². The molecule has 0 spiro atoms. The van der Waals surface area contributed by atoms with Gasteiger partial charge in [-0.2, -0.15) is 0 Å². The Morgan fingerprint density at radius 3 is 2.37 bits per heavy atom. The summed E-state index contributed by atoms with van der Waals surface area (Å²) in [6.45, 7) is 8.04. The van der Waals surface area contributed by atoms with Gasteiger partial charge in [0.05, 0.1) is 19.0 Å². The van der Waals surface area contributed by atoms with Crippen molar-refractivity contribution in [3.63, 3.8) is 0 Å². The van der Waals surface area contributed by atoms with Crippen LogP contribution in [0.3, 0.4) is 0 Å². The molecular formula is C15H20O2SSi. The normalized spacial score (nSPS) is 17.8. The van der Waals surface area contributed by atoms with Crippen molar-refractivity contribution in [2.24, 2.45) is 0 Å². The zero-order valence-electron chi connectivity index (χ0n) is 11.7. The van der Waals surface area contributed by atoms with Crippen LogP contribution in [-0.2, 0) is 15.3 Å². The predicted molar refractivity (Wildman–Crippen MR) is 83.6 cm³/mol. The Balaban J connectivity index is 2.07. The van der Waals surface area contributed by atoms with Crippen molar-refractivity contribution >= 4 is 19.8 Å². The fourth-order valence-electron chi connectivity index (χ4n) is 1.80. The van der Waals surface area contributed by atoms with Gasteiger partial charge < -0.3 is 9.47 Å². The Hall–Kier alpha value is -0.733. The van der Waals surface area contributed by atoms with Crippen molar-refractivity contribution in [3.8, 4) is 10.8 Å². The first-order chi connectivity index (χ1) is 9.02. The smallest absolute Gasteiger partial charge is 0.205 e. The Kier molecular flexibility index (Phi) is 4.75. The van der Waals surface area contributed by atoms with Gasteiger partial charge in [-0.1, -0.05) is 61.7 Å². The topological polar surface area (TPSA) is 18.5 Å². The fraction of sp³-hybridized carbons (Fsp3) is 0.467. The van der Waals surface area contributed by atoms with Gasteiger partial charge in [0.25, 0.3) is 0 Å². The summed E-state index contributed by atoms with van der Waals surface area (Å²) in [5, 5.41) is 3.22. The lowest BCUT2D eigenvalue weighted by Gasteiger charge is -2.26. The predicted octanol–water partition coefficient (Wildman–Crippen LogP) is 3.46. The summed E-state index contributed by atoms with van der Waals surface area (Å²) in [5.41, 5.74) is 4.43. The molecule has 1 aromatic carbocycles. The summed E-state index contributed by atoms with van der Waals surface area (Å²) < 4.78 is 11.7. The molecule has 1 aliphatic heterocycles. The van der Waals surface area contributed by atoms with Crippen LogP contribution in [0.2, 0.25) is 19.6 Å². The average Bonchev–Trinajstić information content (AvgIpc) is 2.85. The lowest BCUT2D eigenvalue weighted by molar-refractivity contribution is -0.145. The maximum Gasteiger partial charge on any atom is 0.205 e. The molecule has 0 N–H and O–H groups in total. The maximum absolute atomic E-state index is 5.86. The van der Waals surface area contributed by atoms with E-state index in [1.807, 2.05) is 18.2 Å². The molecule has 0 saturated carbocycles. The number of thioether (sulfide) groups is 1. The van der Waals surface area contributed by atoms with E-state index in [2.05, 4.69) is 42.6 Å². The molecule has 19 heavy (non-hydrogen) atoms. The number of hydrogen-bond donors (Lipinski definition) is 0. The standard InChI is InChI=1S/C15H20O2SSi/c1-19(2,3)12-11-18-13-15(16-9-10-17-15)14-7-5-4-6-8-14/h4-8H,9-10,13H2,1-3H3. The third kappa shape index (κ3) is 4.12. The van der Waals surface area contributed by atoms with Gasteiger partial charge in [0.15, 0.2) is 0 Å². The molecule has 1 heterocycles. The Labute approximate surface area is 120 Å². The van der Waals surface area contributed by atoms with Crippen molar-refractivity contribution < 1.29 is 9.47 Å². The van der Waals surface area contributed by atoms with Crippen LogP contribution in [0.5, 0.6) is 0 Å². The molecule has 2 rings (SSSR count). The molecule has 0 radical (unpaired) electrons. The van der Waals surface area contributed by atoms with E-state index in [4.69, 9.17) is 9.47 Å². The average molecular weight is 292 g/mol. The molecule has 102 valence electrons. The lowest BCUT2D eigenvalue weighted by Crippen LogP contribution is -2.30. The summed E-state index contributed by atoms with van der Waals surface area (Å²) >= 11 is 1.59. The minimum atomic E-state index is -1.30. The molecular weight excluding hydrogens is 272 g/mol. The first kappa shape index (κ1) is 14.7. The van der Waals surface area contributed by atoms with Crippen molar-refractivity contribution in [2.75, 3.05) is 19.0 Å². The molecule has 0 amide bonds. The van der Waals surface area contributed by atoms with E-state index in [1.54, 1.807) is 11.8 Å². The molecule has 1 aromatic rings.